The summed E-state index contributed by atoms with van der Waals surface area (Å²) in [4.78, 5) is 4.42. The number of pyridine rings is 1. The molecule has 142 valence electrons. The molecule has 0 saturated heterocycles. The zero-order chi connectivity index (χ0) is 19.2. The fourth-order valence-electron chi connectivity index (χ4n) is 2.97. The molecule has 27 heavy (non-hydrogen) atoms. The third-order valence-corrected chi connectivity index (χ3v) is 4.69. The number of benzene rings is 1. The topological polar surface area (TPSA) is 48.7 Å². The van der Waals surface area contributed by atoms with Gasteiger partial charge in [0.05, 0.1) is 12.3 Å². The van der Waals surface area contributed by atoms with E-state index in [0.29, 0.717) is 41.0 Å². The van der Waals surface area contributed by atoms with Gasteiger partial charge in [-0.15, -0.1) is 0 Å². The Kier molecular flexibility index (Phi) is 6.35. The van der Waals surface area contributed by atoms with Gasteiger partial charge in [0.15, 0.2) is 11.4 Å². The Morgan fingerprint density at radius 3 is 2.70 bits per heavy atom. The smallest absolute Gasteiger partial charge is 0.170 e. The van der Waals surface area contributed by atoms with E-state index in [2.05, 4.69) is 23.6 Å². The summed E-state index contributed by atoms with van der Waals surface area (Å²) in [5.41, 5.74) is 3.24. The SMILES string of the molecule is C=C(OCC)c1c(OCc2ccccc2)c(Cl)c(CCCC)n2ncnc12. The highest BCUT2D eigenvalue weighted by atomic mass is 35.5. The molecule has 5 nitrogen and oxygen atoms in total. The molecule has 0 saturated carbocycles. The number of hydrogen-bond donors (Lipinski definition) is 0. The largest absolute Gasteiger partial charge is 0.494 e. The molecule has 0 fully saturated rings. The summed E-state index contributed by atoms with van der Waals surface area (Å²) in [6.07, 6.45) is 4.36. The number of aryl methyl sites for hydroxylation is 1. The Labute approximate surface area is 164 Å². The number of hydrogen-bond acceptors (Lipinski definition) is 4. The second-order valence-electron chi connectivity index (χ2n) is 6.19. The maximum absolute atomic E-state index is 6.79. The zero-order valence-electron chi connectivity index (χ0n) is 15.7. The molecule has 0 radical (unpaired) electrons. The first-order chi connectivity index (χ1) is 13.2. The number of nitrogens with zero attached hydrogens (tertiary/aromatic N) is 3. The number of halogens is 1. The van der Waals surface area contributed by atoms with Crippen LogP contribution < -0.4 is 4.74 Å². The second-order valence-corrected chi connectivity index (χ2v) is 6.57. The normalized spacial score (nSPS) is 10.9. The van der Waals surface area contributed by atoms with E-state index in [1.165, 1.54) is 6.33 Å². The van der Waals surface area contributed by atoms with Gasteiger partial charge < -0.3 is 9.47 Å². The van der Waals surface area contributed by atoms with E-state index in [1.54, 1.807) is 4.52 Å². The fourth-order valence-corrected chi connectivity index (χ4v) is 3.29. The van der Waals surface area contributed by atoms with E-state index < -0.39 is 0 Å². The molecular weight excluding hydrogens is 362 g/mol. The van der Waals surface area contributed by atoms with E-state index in [4.69, 9.17) is 21.1 Å². The van der Waals surface area contributed by atoms with Gasteiger partial charge in [0.1, 0.15) is 29.3 Å². The highest BCUT2D eigenvalue weighted by Gasteiger charge is 2.24. The Morgan fingerprint density at radius 1 is 1.22 bits per heavy atom. The number of fused-ring (bicyclic) bond motifs is 1. The Balaban J connectivity index is 2.10. The van der Waals surface area contributed by atoms with Crippen LogP contribution >= 0.6 is 11.6 Å². The summed E-state index contributed by atoms with van der Waals surface area (Å²) in [5, 5.41) is 4.90. The van der Waals surface area contributed by atoms with Crippen LogP contribution in [0.4, 0.5) is 0 Å². The molecule has 0 bridgehead atoms. The fraction of sp³-hybridized carbons (Fsp3) is 0.333. The molecule has 2 heterocycles. The molecular formula is C21H24ClN3O2. The van der Waals surface area contributed by atoms with Gasteiger partial charge in [-0.3, -0.25) is 0 Å². The van der Waals surface area contributed by atoms with Crippen LogP contribution in [0.1, 0.15) is 43.5 Å². The molecule has 0 spiro atoms. The summed E-state index contributed by atoms with van der Waals surface area (Å²) in [7, 11) is 0. The maximum Gasteiger partial charge on any atom is 0.170 e. The minimum absolute atomic E-state index is 0.393. The van der Waals surface area contributed by atoms with Gasteiger partial charge >= 0.3 is 0 Å². The van der Waals surface area contributed by atoms with Crippen molar-refractivity contribution < 1.29 is 9.47 Å². The van der Waals surface area contributed by atoms with Gasteiger partial charge in [-0.1, -0.05) is 61.9 Å². The molecule has 0 N–H and O–H groups in total. The van der Waals surface area contributed by atoms with Crippen LogP contribution in [0, 0.1) is 0 Å². The van der Waals surface area contributed by atoms with Crippen LogP contribution in [0.5, 0.6) is 5.75 Å². The van der Waals surface area contributed by atoms with Crippen molar-refractivity contribution in [2.75, 3.05) is 6.61 Å². The molecule has 0 unspecified atom stereocenters. The highest BCUT2D eigenvalue weighted by molar-refractivity contribution is 6.33. The lowest BCUT2D eigenvalue weighted by Crippen LogP contribution is -2.09. The minimum Gasteiger partial charge on any atom is -0.494 e. The van der Waals surface area contributed by atoms with Crippen molar-refractivity contribution in [3.63, 3.8) is 0 Å². The van der Waals surface area contributed by atoms with Crippen molar-refractivity contribution in [2.45, 2.75) is 39.7 Å². The van der Waals surface area contributed by atoms with E-state index in [-0.39, 0.29) is 0 Å². The lowest BCUT2D eigenvalue weighted by molar-refractivity contribution is 0.285. The van der Waals surface area contributed by atoms with Gasteiger partial charge in [-0.25, -0.2) is 9.50 Å². The van der Waals surface area contributed by atoms with Crippen molar-refractivity contribution in [3.8, 4) is 5.75 Å². The maximum atomic E-state index is 6.79. The molecule has 0 atom stereocenters. The molecule has 6 heteroatoms. The van der Waals surface area contributed by atoms with Gasteiger partial charge in [0, 0.05) is 0 Å². The first kappa shape index (κ1) is 19.2. The lowest BCUT2D eigenvalue weighted by Gasteiger charge is -2.19. The van der Waals surface area contributed by atoms with Crippen molar-refractivity contribution >= 4 is 23.0 Å². The van der Waals surface area contributed by atoms with Gasteiger partial charge in [-0.2, -0.15) is 5.10 Å². The minimum atomic E-state index is 0.393. The predicted molar refractivity (Wildman–Crippen MR) is 108 cm³/mol. The van der Waals surface area contributed by atoms with Crippen LogP contribution in [0.3, 0.4) is 0 Å². The first-order valence-corrected chi connectivity index (χ1v) is 9.58. The summed E-state index contributed by atoms with van der Waals surface area (Å²) < 4.78 is 13.6. The van der Waals surface area contributed by atoms with E-state index in [0.717, 1.165) is 30.5 Å². The third kappa shape index (κ3) is 4.08. The lowest BCUT2D eigenvalue weighted by atomic mass is 10.1. The molecule has 0 aliphatic heterocycles. The second kappa shape index (κ2) is 8.91. The summed E-state index contributed by atoms with van der Waals surface area (Å²) in [5.74, 6) is 1.02. The molecule has 1 aromatic carbocycles. The van der Waals surface area contributed by atoms with Crippen LogP contribution in [0.25, 0.3) is 11.4 Å². The molecule has 3 rings (SSSR count). The Morgan fingerprint density at radius 2 is 2.00 bits per heavy atom. The van der Waals surface area contributed by atoms with Crippen molar-refractivity contribution in [2.24, 2.45) is 0 Å². The quantitative estimate of drug-likeness (QED) is 0.468. The molecule has 0 amide bonds. The Hall–Kier alpha value is -2.53. The standard InChI is InChI=1S/C21H24ClN3O2/c1-4-6-12-17-19(22)20(27-13-16-10-8-7-9-11-16)18(15(3)26-5-2)21-23-14-24-25(17)21/h7-11,14H,3-6,12-13H2,1-2H3. The van der Waals surface area contributed by atoms with Gasteiger partial charge in [0.2, 0.25) is 0 Å². The Bertz CT molecular complexity index is 922. The molecule has 0 aliphatic rings. The number of aromatic nitrogens is 3. The molecule has 2 aromatic heterocycles. The van der Waals surface area contributed by atoms with E-state index in [9.17, 15) is 0 Å². The predicted octanol–water partition coefficient (Wildman–Crippen LogP) is 5.31. The van der Waals surface area contributed by atoms with Crippen LogP contribution in [-0.2, 0) is 17.8 Å². The van der Waals surface area contributed by atoms with E-state index in [1.807, 2.05) is 37.3 Å². The molecule has 0 aliphatic carbocycles. The number of unbranched alkanes of at least 4 members (excludes halogenated alkanes) is 1. The van der Waals surface area contributed by atoms with Gasteiger partial charge in [-0.05, 0) is 25.3 Å². The zero-order valence-corrected chi connectivity index (χ0v) is 16.5. The first-order valence-electron chi connectivity index (χ1n) is 9.20. The monoisotopic (exact) mass is 385 g/mol. The summed E-state index contributed by atoms with van der Waals surface area (Å²) in [6.45, 7) is 8.99. The highest BCUT2D eigenvalue weighted by Crippen LogP contribution is 2.39. The van der Waals surface area contributed by atoms with Gasteiger partial charge in [0.25, 0.3) is 0 Å². The average molecular weight is 386 g/mol. The summed E-state index contributed by atoms with van der Waals surface area (Å²) >= 11 is 6.79. The number of ether oxygens (including phenoxy) is 2. The van der Waals surface area contributed by atoms with Crippen molar-refractivity contribution in [3.05, 3.63) is 65.1 Å². The molecule has 3 aromatic rings. The average Bonchev–Trinajstić information content (AvgIpc) is 3.15. The van der Waals surface area contributed by atoms with Crippen molar-refractivity contribution in [1.82, 2.24) is 14.6 Å². The van der Waals surface area contributed by atoms with Crippen LogP contribution in [-0.4, -0.2) is 21.2 Å². The summed E-state index contributed by atoms with van der Waals surface area (Å²) in [6, 6.07) is 9.96. The van der Waals surface area contributed by atoms with E-state index >= 15 is 0 Å². The van der Waals surface area contributed by atoms with Crippen LogP contribution in [0.15, 0.2) is 43.2 Å². The number of rotatable bonds is 9. The third-order valence-electron chi connectivity index (χ3n) is 4.30. The van der Waals surface area contributed by atoms with Crippen LogP contribution in [0.2, 0.25) is 5.02 Å². The van der Waals surface area contributed by atoms with Crippen molar-refractivity contribution in [1.29, 1.82) is 0 Å².